The maximum Gasteiger partial charge on any atom is 0.276 e. The van der Waals surface area contributed by atoms with E-state index in [-0.39, 0.29) is 11.6 Å². The number of hydrogen-bond donors (Lipinski definition) is 2. The normalized spacial score (nSPS) is 22.1. The molecule has 0 bridgehead atoms. The third kappa shape index (κ3) is 2.36. The molecule has 1 aromatic heterocycles. The summed E-state index contributed by atoms with van der Waals surface area (Å²) in [4.78, 5) is 24.8. The molecule has 2 atom stereocenters. The van der Waals surface area contributed by atoms with Gasteiger partial charge in [0.05, 0.1) is 16.1 Å². The molecule has 0 fully saturated rings. The molecule has 124 valence electrons. The molecule has 1 aliphatic heterocycles. The van der Waals surface area contributed by atoms with E-state index >= 15 is 0 Å². The fourth-order valence-electron chi connectivity index (χ4n) is 3.52. The Morgan fingerprint density at radius 1 is 1.29 bits per heavy atom. The zero-order chi connectivity index (χ0) is 16.8. The quantitative estimate of drug-likeness (QED) is 0.644. The van der Waals surface area contributed by atoms with Gasteiger partial charge in [-0.3, -0.25) is 14.9 Å². The number of fused-ring (bicyclic) bond motifs is 3. The number of anilines is 1. The van der Waals surface area contributed by atoms with E-state index in [9.17, 15) is 14.9 Å². The zero-order valence-corrected chi connectivity index (χ0v) is 14.0. The van der Waals surface area contributed by atoms with Crippen molar-refractivity contribution < 1.29 is 9.72 Å². The molecule has 0 radical (unpaired) electrons. The summed E-state index contributed by atoms with van der Waals surface area (Å²) in [5, 5.41) is 18.3. The lowest BCUT2D eigenvalue weighted by atomic mass is 9.88. The number of nitrogens with zero attached hydrogens (tertiary/aromatic N) is 1. The molecular weight excluding hydrogens is 326 g/mol. The zero-order valence-electron chi connectivity index (χ0n) is 13.2. The van der Waals surface area contributed by atoms with Gasteiger partial charge in [0.1, 0.15) is 11.2 Å². The van der Waals surface area contributed by atoms with Crippen LogP contribution in [0.5, 0.6) is 0 Å². The molecule has 2 aliphatic rings. The van der Waals surface area contributed by atoms with Crippen LogP contribution in [0.25, 0.3) is 0 Å². The molecule has 2 aromatic rings. The van der Waals surface area contributed by atoms with Crippen LogP contribution in [0.4, 0.5) is 10.7 Å². The van der Waals surface area contributed by atoms with Crippen molar-refractivity contribution in [3.05, 3.63) is 55.9 Å². The SMILES string of the molecule is C[C@H]1CCc2c(sc3c2C(=O)N[C@H](c2ccccc2[N+](=O)[O-])N3)C1. The number of nitro benzene ring substituents is 1. The van der Waals surface area contributed by atoms with Crippen molar-refractivity contribution in [1.82, 2.24) is 5.32 Å². The van der Waals surface area contributed by atoms with Gasteiger partial charge in [-0.05, 0) is 36.8 Å². The van der Waals surface area contributed by atoms with Gasteiger partial charge in [0.15, 0.2) is 0 Å². The third-order valence-electron chi connectivity index (χ3n) is 4.73. The molecule has 0 spiro atoms. The number of amides is 1. The molecule has 2 N–H and O–H groups in total. The van der Waals surface area contributed by atoms with E-state index in [2.05, 4.69) is 17.6 Å². The summed E-state index contributed by atoms with van der Waals surface area (Å²) in [6.07, 6.45) is 2.44. The number of nitro groups is 1. The van der Waals surface area contributed by atoms with Gasteiger partial charge in [-0.15, -0.1) is 11.3 Å². The molecule has 0 saturated carbocycles. The van der Waals surface area contributed by atoms with Crippen LogP contribution in [0, 0.1) is 16.0 Å². The van der Waals surface area contributed by atoms with E-state index in [1.165, 1.54) is 10.9 Å². The van der Waals surface area contributed by atoms with Crippen molar-refractivity contribution in [2.24, 2.45) is 5.92 Å². The maximum atomic E-state index is 12.7. The predicted octanol–water partition coefficient (Wildman–Crippen LogP) is 3.64. The Labute approximate surface area is 143 Å². The molecule has 0 saturated heterocycles. The lowest BCUT2D eigenvalue weighted by Gasteiger charge is -2.26. The number of rotatable bonds is 2. The van der Waals surface area contributed by atoms with Gasteiger partial charge in [0.25, 0.3) is 11.6 Å². The van der Waals surface area contributed by atoms with Crippen LogP contribution in [-0.4, -0.2) is 10.8 Å². The number of benzene rings is 1. The Balaban J connectivity index is 1.73. The lowest BCUT2D eigenvalue weighted by Crippen LogP contribution is -2.38. The van der Waals surface area contributed by atoms with Gasteiger partial charge in [-0.2, -0.15) is 0 Å². The molecule has 1 aliphatic carbocycles. The number of carbonyl (C=O) groups excluding carboxylic acids is 1. The second kappa shape index (κ2) is 5.59. The number of carbonyl (C=O) groups is 1. The summed E-state index contributed by atoms with van der Waals surface area (Å²) in [6, 6.07) is 6.51. The van der Waals surface area contributed by atoms with E-state index in [1.54, 1.807) is 29.5 Å². The number of thiophene rings is 1. The fourth-order valence-corrected chi connectivity index (χ4v) is 4.95. The van der Waals surface area contributed by atoms with Crippen LogP contribution < -0.4 is 10.6 Å². The second-order valence-electron chi connectivity index (χ2n) is 6.42. The van der Waals surface area contributed by atoms with Crippen molar-refractivity contribution in [3.63, 3.8) is 0 Å². The van der Waals surface area contributed by atoms with Gasteiger partial charge in [0.2, 0.25) is 0 Å². The first-order chi connectivity index (χ1) is 11.5. The predicted molar refractivity (Wildman–Crippen MR) is 92.4 cm³/mol. The van der Waals surface area contributed by atoms with Crippen LogP contribution in [0.1, 0.15) is 45.9 Å². The second-order valence-corrected chi connectivity index (χ2v) is 7.53. The van der Waals surface area contributed by atoms with Crippen molar-refractivity contribution >= 4 is 27.9 Å². The highest BCUT2D eigenvalue weighted by atomic mass is 32.1. The monoisotopic (exact) mass is 343 g/mol. The van der Waals surface area contributed by atoms with E-state index in [1.807, 2.05) is 0 Å². The molecule has 2 heterocycles. The smallest absolute Gasteiger partial charge is 0.276 e. The Morgan fingerprint density at radius 2 is 2.08 bits per heavy atom. The standard InChI is InChI=1S/C17H17N3O3S/c1-9-6-7-11-13(8-9)24-17-14(11)16(21)18-15(19-17)10-4-2-3-5-12(10)20(22)23/h2-5,9,15,19H,6-8H2,1H3,(H,18,21)/t9-,15-/m0/s1. The fraction of sp³-hybridized carbons (Fsp3) is 0.353. The van der Waals surface area contributed by atoms with Crippen LogP contribution >= 0.6 is 11.3 Å². The largest absolute Gasteiger partial charge is 0.352 e. The lowest BCUT2D eigenvalue weighted by molar-refractivity contribution is -0.385. The van der Waals surface area contributed by atoms with Gasteiger partial charge in [-0.25, -0.2) is 0 Å². The molecular formula is C17H17N3O3S. The molecule has 4 rings (SSSR count). The van der Waals surface area contributed by atoms with E-state index in [4.69, 9.17) is 0 Å². The third-order valence-corrected chi connectivity index (χ3v) is 5.92. The van der Waals surface area contributed by atoms with Crippen LogP contribution in [-0.2, 0) is 12.8 Å². The molecule has 24 heavy (non-hydrogen) atoms. The van der Waals surface area contributed by atoms with Crippen molar-refractivity contribution in [1.29, 1.82) is 0 Å². The summed E-state index contributed by atoms with van der Waals surface area (Å²) >= 11 is 1.62. The topological polar surface area (TPSA) is 84.3 Å². The van der Waals surface area contributed by atoms with Gasteiger partial charge in [-0.1, -0.05) is 19.1 Å². The highest BCUT2D eigenvalue weighted by Gasteiger charge is 2.34. The summed E-state index contributed by atoms with van der Waals surface area (Å²) in [5.74, 6) is 0.491. The molecule has 1 amide bonds. The summed E-state index contributed by atoms with van der Waals surface area (Å²) in [7, 11) is 0. The first-order valence-electron chi connectivity index (χ1n) is 8.00. The van der Waals surface area contributed by atoms with Crippen molar-refractivity contribution in [2.45, 2.75) is 32.4 Å². The van der Waals surface area contributed by atoms with E-state index in [0.29, 0.717) is 11.5 Å². The summed E-state index contributed by atoms with van der Waals surface area (Å²) in [6.45, 7) is 2.23. The van der Waals surface area contributed by atoms with Crippen LogP contribution in [0.2, 0.25) is 0 Å². The Morgan fingerprint density at radius 3 is 2.88 bits per heavy atom. The molecule has 7 heteroatoms. The Kier molecular flexibility index (Phi) is 3.53. The van der Waals surface area contributed by atoms with E-state index in [0.717, 1.165) is 35.4 Å². The first kappa shape index (κ1) is 15.1. The van der Waals surface area contributed by atoms with Crippen molar-refractivity contribution in [3.8, 4) is 0 Å². The van der Waals surface area contributed by atoms with Gasteiger partial charge in [0, 0.05) is 10.9 Å². The van der Waals surface area contributed by atoms with E-state index < -0.39 is 11.1 Å². The first-order valence-corrected chi connectivity index (χ1v) is 8.81. The van der Waals surface area contributed by atoms with Gasteiger partial charge < -0.3 is 10.6 Å². The Hall–Kier alpha value is -2.41. The molecule has 0 unspecified atom stereocenters. The minimum Gasteiger partial charge on any atom is -0.352 e. The summed E-state index contributed by atoms with van der Waals surface area (Å²) < 4.78 is 0. The van der Waals surface area contributed by atoms with Crippen LogP contribution in [0.3, 0.4) is 0 Å². The Bertz CT molecular complexity index is 846. The number of nitrogens with one attached hydrogen (secondary N) is 2. The number of para-hydroxylation sites is 1. The minimum atomic E-state index is -0.580. The average Bonchev–Trinajstić information content (AvgIpc) is 2.92. The van der Waals surface area contributed by atoms with Crippen molar-refractivity contribution in [2.75, 3.05) is 5.32 Å². The minimum absolute atomic E-state index is 0.00805. The van der Waals surface area contributed by atoms with Crippen LogP contribution in [0.15, 0.2) is 24.3 Å². The maximum absolute atomic E-state index is 12.7. The highest BCUT2D eigenvalue weighted by Crippen LogP contribution is 2.43. The highest BCUT2D eigenvalue weighted by molar-refractivity contribution is 7.16. The molecule has 1 aromatic carbocycles. The number of hydrogen-bond acceptors (Lipinski definition) is 5. The average molecular weight is 343 g/mol. The molecule has 6 nitrogen and oxygen atoms in total. The summed E-state index contributed by atoms with van der Waals surface area (Å²) in [5.41, 5.74) is 2.37. The van der Waals surface area contributed by atoms with Gasteiger partial charge >= 0.3 is 0 Å².